The van der Waals surface area contributed by atoms with Crippen LogP contribution in [0.1, 0.15) is 11.1 Å². The molecular formula is C53H34O. The van der Waals surface area contributed by atoms with Gasteiger partial charge in [-0.3, -0.25) is 0 Å². The third-order valence-corrected chi connectivity index (χ3v) is 11.4. The largest absolute Gasteiger partial charge is 0.456 e. The molecule has 1 heteroatoms. The molecule has 1 aromatic heterocycles. The molecule has 0 bridgehead atoms. The minimum atomic E-state index is 0.806. The van der Waals surface area contributed by atoms with E-state index in [0.717, 1.165) is 33.9 Å². The Bertz CT molecular complexity index is 3180. The second kappa shape index (κ2) is 12.3. The standard InChI is InChI=1S/C53H34O/c1-4-20-38-34(15-1)18-13-28-41(38)37-32-49(53-47-27-11-12-30-50(47)54-51(53)33-37)52-45-25-9-7-23-43(45)48(44-24-8-10-26-46(44)52)31-36-17-3-6-22-40(36)42-29-14-19-35-16-2-5-21-39(35)42/h1-30,32-33H,31H2. The summed E-state index contributed by atoms with van der Waals surface area (Å²) in [5.74, 6) is 0. The maximum Gasteiger partial charge on any atom is 0.136 e. The van der Waals surface area contributed by atoms with E-state index in [4.69, 9.17) is 4.42 Å². The Labute approximate surface area is 313 Å². The lowest BCUT2D eigenvalue weighted by Crippen LogP contribution is -1.98. The van der Waals surface area contributed by atoms with Crippen molar-refractivity contribution >= 4 is 65.0 Å². The Morgan fingerprint density at radius 1 is 0.333 bits per heavy atom. The third kappa shape index (κ3) is 4.79. The number of para-hydroxylation sites is 1. The molecule has 0 unspecified atom stereocenters. The number of hydrogen-bond donors (Lipinski definition) is 0. The second-order valence-electron chi connectivity index (χ2n) is 14.3. The lowest BCUT2D eigenvalue weighted by molar-refractivity contribution is 0.669. The van der Waals surface area contributed by atoms with Gasteiger partial charge in [-0.05, 0) is 112 Å². The van der Waals surface area contributed by atoms with E-state index in [2.05, 4.69) is 194 Å². The first-order valence-electron chi connectivity index (χ1n) is 18.7. The molecule has 11 rings (SSSR count). The average Bonchev–Trinajstić information content (AvgIpc) is 3.62. The quantitative estimate of drug-likeness (QED) is 0.164. The van der Waals surface area contributed by atoms with Crippen molar-refractivity contribution in [3.8, 4) is 33.4 Å². The van der Waals surface area contributed by atoms with Gasteiger partial charge >= 0.3 is 0 Å². The summed E-state index contributed by atoms with van der Waals surface area (Å²) in [4.78, 5) is 0. The van der Waals surface area contributed by atoms with Crippen LogP contribution in [-0.2, 0) is 6.42 Å². The van der Waals surface area contributed by atoms with Gasteiger partial charge in [-0.1, -0.05) is 176 Å². The first kappa shape index (κ1) is 30.6. The molecule has 0 saturated carbocycles. The Kier molecular flexibility index (Phi) is 7.00. The molecule has 0 N–H and O–H groups in total. The molecule has 0 aliphatic carbocycles. The highest BCUT2D eigenvalue weighted by Gasteiger charge is 2.22. The predicted molar refractivity (Wildman–Crippen MR) is 229 cm³/mol. The van der Waals surface area contributed by atoms with Gasteiger partial charge in [0.15, 0.2) is 0 Å². The van der Waals surface area contributed by atoms with Gasteiger partial charge in [0.05, 0.1) is 0 Å². The third-order valence-electron chi connectivity index (χ3n) is 11.4. The maximum atomic E-state index is 6.70. The van der Waals surface area contributed by atoms with Gasteiger partial charge in [0, 0.05) is 10.8 Å². The molecule has 0 amide bonds. The second-order valence-corrected chi connectivity index (χ2v) is 14.3. The number of benzene rings is 10. The number of fused-ring (bicyclic) bond motifs is 7. The fourth-order valence-corrected chi connectivity index (χ4v) is 8.97. The van der Waals surface area contributed by atoms with Crippen LogP contribution in [0.4, 0.5) is 0 Å². The zero-order valence-corrected chi connectivity index (χ0v) is 29.6. The lowest BCUT2D eigenvalue weighted by Gasteiger charge is -2.20. The van der Waals surface area contributed by atoms with E-state index < -0.39 is 0 Å². The maximum absolute atomic E-state index is 6.70. The van der Waals surface area contributed by atoms with Gasteiger partial charge in [-0.25, -0.2) is 0 Å². The highest BCUT2D eigenvalue weighted by atomic mass is 16.3. The van der Waals surface area contributed by atoms with Crippen molar-refractivity contribution in [3.05, 3.63) is 205 Å². The Hall–Kier alpha value is -6.96. The Morgan fingerprint density at radius 3 is 1.54 bits per heavy atom. The van der Waals surface area contributed by atoms with Crippen LogP contribution in [0.15, 0.2) is 199 Å². The Morgan fingerprint density at radius 2 is 0.833 bits per heavy atom. The highest BCUT2D eigenvalue weighted by molar-refractivity contribution is 6.23. The molecule has 0 aliphatic heterocycles. The van der Waals surface area contributed by atoms with E-state index >= 15 is 0 Å². The van der Waals surface area contributed by atoms with E-state index in [9.17, 15) is 0 Å². The van der Waals surface area contributed by atoms with Crippen molar-refractivity contribution in [1.29, 1.82) is 0 Å². The molecule has 1 heterocycles. The van der Waals surface area contributed by atoms with Crippen molar-refractivity contribution in [2.45, 2.75) is 6.42 Å². The number of hydrogen-bond acceptors (Lipinski definition) is 1. The normalized spacial score (nSPS) is 11.8. The SMILES string of the molecule is c1ccc(-c2cccc3ccccc23)c(Cc2c3ccccc3c(-c3cc(-c4cccc5ccccc45)cc4oc5ccccc5c34)c3ccccc23)c1. The van der Waals surface area contributed by atoms with E-state index in [1.54, 1.807) is 0 Å². The van der Waals surface area contributed by atoms with Crippen LogP contribution in [0, 0.1) is 0 Å². The fraction of sp³-hybridized carbons (Fsp3) is 0.0189. The monoisotopic (exact) mass is 686 g/mol. The van der Waals surface area contributed by atoms with Crippen molar-refractivity contribution in [1.82, 2.24) is 0 Å². The van der Waals surface area contributed by atoms with Crippen LogP contribution < -0.4 is 0 Å². The molecule has 11 aromatic rings. The van der Waals surface area contributed by atoms with E-state index in [0.29, 0.717) is 0 Å². The molecule has 0 radical (unpaired) electrons. The topological polar surface area (TPSA) is 13.1 Å². The average molecular weight is 687 g/mol. The first-order valence-corrected chi connectivity index (χ1v) is 18.7. The molecule has 0 aliphatic rings. The number of furan rings is 1. The fourth-order valence-electron chi connectivity index (χ4n) is 8.97. The highest BCUT2D eigenvalue weighted by Crippen LogP contribution is 2.47. The summed E-state index contributed by atoms with van der Waals surface area (Å²) in [6, 6.07) is 70.7. The molecule has 10 aromatic carbocycles. The van der Waals surface area contributed by atoms with Crippen molar-refractivity contribution in [2.24, 2.45) is 0 Å². The Balaban J connectivity index is 1.20. The molecule has 252 valence electrons. The summed E-state index contributed by atoms with van der Waals surface area (Å²) in [5.41, 5.74) is 11.8. The van der Waals surface area contributed by atoms with Gasteiger partial charge in [0.2, 0.25) is 0 Å². The summed E-state index contributed by atoms with van der Waals surface area (Å²) >= 11 is 0. The summed E-state index contributed by atoms with van der Waals surface area (Å²) < 4.78 is 6.70. The summed E-state index contributed by atoms with van der Waals surface area (Å²) in [6.07, 6.45) is 0.806. The van der Waals surface area contributed by atoms with Crippen LogP contribution in [-0.4, -0.2) is 0 Å². The minimum absolute atomic E-state index is 0.806. The molecule has 0 saturated heterocycles. The smallest absolute Gasteiger partial charge is 0.136 e. The first-order chi connectivity index (χ1) is 26.8. The van der Waals surface area contributed by atoms with Gasteiger partial charge < -0.3 is 4.42 Å². The van der Waals surface area contributed by atoms with Crippen LogP contribution in [0.25, 0.3) is 98.4 Å². The minimum Gasteiger partial charge on any atom is -0.456 e. The van der Waals surface area contributed by atoms with Gasteiger partial charge in [-0.2, -0.15) is 0 Å². The zero-order chi connectivity index (χ0) is 35.6. The van der Waals surface area contributed by atoms with E-state index in [1.807, 2.05) is 0 Å². The summed E-state index contributed by atoms with van der Waals surface area (Å²) in [7, 11) is 0. The molecule has 0 spiro atoms. The van der Waals surface area contributed by atoms with E-state index in [-0.39, 0.29) is 0 Å². The van der Waals surface area contributed by atoms with Gasteiger partial charge in [0.1, 0.15) is 11.2 Å². The molecule has 0 atom stereocenters. The summed E-state index contributed by atoms with van der Waals surface area (Å²) in [5, 5.41) is 12.3. The van der Waals surface area contributed by atoms with Crippen LogP contribution in [0.5, 0.6) is 0 Å². The zero-order valence-electron chi connectivity index (χ0n) is 29.6. The van der Waals surface area contributed by atoms with Gasteiger partial charge in [-0.15, -0.1) is 0 Å². The van der Waals surface area contributed by atoms with Gasteiger partial charge in [0.25, 0.3) is 0 Å². The van der Waals surface area contributed by atoms with E-state index in [1.165, 1.54) is 82.0 Å². The number of rotatable bonds is 5. The van der Waals surface area contributed by atoms with Crippen molar-refractivity contribution < 1.29 is 4.42 Å². The van der Waals surface area contributed by atoms with Crippen LogP contribution >= 0.6 is 0 Å². The summed E-state index contributed by atoms with van der Waals surface area (Å²) in [6.45, 7) is 0. The van der Waals surface area contributed by atoms with Crippen molar-refractivity contribution in [3.63, 3.8) is 0 Å². The predicted octanol–water partition coefficient (Wildman–Crippen LogP) is 14.8. The molecule has 0 fully saturated rings. The molecule has 1 nitrogen and oxygen atoms in total. The van der Waals surface area contributed by atoms with Crippen LogP contribution in [0.2, 0.25) is 0 Å². The molecular weight excluding hydrogens is 653 g/mol. The van der Waals surface area contributed by atoms with Crippen molar-refractivity contribution in [2.75, 3.05) is 0 Å². The lowest BCUT2D eigenvalue weighted by atomic mass is 9.83. The molecule has 54 heavy (non-hydrogen) atoms. The van der Waals surface area contributed by atoms with Crippen LogP contribution in [0.3, 0.4) is 0 Å².